The Labute approximate surface area is 119 Å². The van der Waals surface area contributed by atoms with E-state index in [4.69, 9.17) is 0 Å². The van der Waals surface area contributed by atoms with Crippen molar-refractivity contribution < 1.29 is 23.2 Å². The molecule has 0 saturated carbocycles. The van der Waals surface area contributed by atoms with Crippen molar-refractivity contribution in [3.8, 4) is 0 Å². The number of carbonyl (C=O) groups excluding carboxylic acids is 1. The van der Waals surface area contributed by atoms with Gasteiger partial charge in [0.15, 0.2) is 11.6 Å². The van der Waals surface area contributed by atoms with E-state index in [0.29, 0.717) is 31.6 Å². The molecule has 1 heterocycles. The van der Waals surface area contributed by atoms with Gasteiger partial charge in [0.25, 0.3) is 5.69 Å². The first kappa shape index (κ1) is 15.1. The zero-order valence-electron chi connectivity index (χ0n) is 11.3. The monoisotopic (exact) mass is 300 g/mol. The molecule has 6 nitrogen and oxygen atoms in total. The fourth-order valence-electron chi connectivity index (χ4n) is 2.48. The first-order chi connectivity index (χ1) is 9.92. The first-order valence-electron chi connectivity index (χ1n) is 6.37. The van der Waals surface area contributed by atoms with Gasteiger partial charge in [0.2, 0.25) is 0 Å². The largest absolute Gasteiger partial charge is 0.469 e. The van der Waals surface area contributed by atoms with Crippen molar-refractivity contribution in [2.24, 2.45) is 5.92 Å². The number of nitro groups is 1. The van der Waals surface area contributed by atoms with Crippen molar-refractivity contribution in [1.82, 2.24) is 0 Å². The molecule has 114 valence electrons. The number of hydrogen-bond donors (Lipinski definition) is 0. The molecule has 0 radical (unpaired) electrons. The molecule has 8 heteroatoms. The number of halogens is 2. The van der Waals surface area contributed by atoms with Crippen LogP contribution in [0.4, 0.5) is 20.2 Å². The quantitative estimate of drug-likeness (QED) is 0.484. The lowest BCUT2D eigenvalue weighted by molar-refractivity contribution is -0.385. The van der Waals surface area contributed by atoms with Crippen LogP contribution in [-0.2, 0) is 9.53 Å². The van der Waals surface area contributed by atoms with Crippen LogP contribution in [0.5, 0.6) is 0 Å². The van der Waals surface area contributed by atoms with Crippen LogP contribution < -0.4 is 4.90 Å². The molecule has 21 heavy (non-hydrogen) atoms. The van der Waals surface area contributed by atoms with Crippen LogP contribution in [-0.4, -0.2) is 31.1 Å². The molecule has 0 unspecified atom stereocenters. The fraction of sp³-hybridized carbons (Fsp3) is 0.462. The normalized spacial score (nSPS) is 17.9. The predicted molar refractivity (Wildman–Crippen MR) is 70.0 cm³/mol. The molecule has 0 aromatic heterocycles. The Kier molecular flexibility index (Phi) is 4.35. The second-order valence-electron chi connectivity index (χ2n) is 4.90. The molecule has 2 rings (SSSR count). The molecule has 0 spiro atoms. The molecule has 1 aromatic rings. The van der Waals surface area contributed by atoms with E-state index >= 15 is 0 Å². The number of nitrogens with zero attached hydrogens (tertiary/aromatic N) is 2. The first-order valence-corrected chi connectivity index (χ1v) is 6.37. The number of esters is 1. The highest BCUT2D eigenvalue weighted by atomic mass is 19.1. The zero-order valence-corrected chi connectivity index (χ0v) is 11.3. The molecule has 1 atom stereocenters. The summed E-state index contributed by atoms with van der Waals surface area (Å²) in [6.07, 6.45) is 0.786. The summed E-state index contributed by atoms with van der Waals surface area (Å²) in [5, 5.41) is 10.6. The minimum absolute atomic E-state index is 0.0496. The summed E-state index contributed by atoms with van der Waals surface area (Å²) in [7, 11) is 1.28. The van der Waals surface area contributed by atoms with Gasteiger partial charge in [-0.05, 0) is 12.3 Å². The molecular formula is C13H14F2N2O4. The number of nitro benzene ring substituents is 1. The van der Waals surface area contributed by atoms with Crippen LogP contribution in [0.1, 0.15) is 12.8 Å². The highest BCUT2D eigenvalue weighted by Gasteiger charge is 2.29. The van der Waals surface area contributed by atoms with Crippen molar-refractivity contribution in [2.75, 3.05) is 25.1 Å². The lowest BCUT2D eigenvalue weighted by Gasteiger charge is -2.19. The van der Waals surface area contributed by atoms with Gasteiger partial charge in [0, 0.05) is 13.1 Å². The van der Waals surface area contributed by atoms with E-state index in [-0.39, 0.29) is 24.0 Å². The summed E-state index contributed by atoms with van der Waals surface area (Å²) in [5.41, 5.74) is -0.910. The molecule has 0 amide bonds. The third-order valence-corrected chi connectivity index (χ3v) is 3.50. The average molecular weight is 300 g/mol. The van der Waals surface area contributed by atoms with Crippen molar-refractivity contribution in [1.29, 1.82) is 0 Å². The predicted octanol–water partition coefficient (Wildman–Crippen LogP) is 2.26. The van der Waals surface area contributed by atoms with Gasteiger partial charge in [0.1, 0.15) is 5.69 Å². The van der Waals surface area contributed by atoms with Crippen LogP contribution >= 0.6 is 0 Å². The minimum Gasteiger partial charge on any atom is -0.469 e. The molecule has 1 saturated heterocycles. The number of non-ortho nitro benzene ring substituents is 1. The Balaban J connectivity index is 2.16. The van der Waals surface area contributed by atoms with Gasteiger partial charge in [0.05, 0.1) is 30.6 Å². The van der Waals surface area contributed by atoms with Crippen LogP contribution in [0.2, 0.25) is 0 Å². The molecular weight excluding hydrogens is 286 g/mol. The third-order valence-electron chi connectivity index (χ3n) is 3.50. The smallest absolute Gasteiger partial charge is 0.305 e. The molecule has 1 aliphatic heterocycles. The number of carbonyl (C=O) groups is 1. The average Bonchev–Trinajstić information content (AvgIpc) is 2.85. The SMILES string of the molecule is COC(=O)C[C@@H]1CCN(c2c(F)cc([N+](=O)[O-])cc2F)C1. The summed E-state index contributed by atoms with van der Waals surface area (Å²) in [6, 6.07) is 1.40. The van der Waals surface area contributed by atoms with E-state index in [9.17, 15) is 23.7 Å². The number of methoxy groups -OCH3 is 1. The molecule has 0 N–H and O–H groups in total. The van der Waals surface area contributed by atoms with E-state index < -0.39 is 22.2 Å². The molecule has 0 aliphatic carbocycles. The van der Waals surface area contributed by atoms with Gasteiger partial charge < -0.3 is 9.64 Å². The van der Waals surface area contributed by atoms with E-state index in [0.717, 1.165) is 0 Å². The number of ether oxygens (including phenoxy) is 1. The second-order valence-corrected chi connectivity index (χ2v) is 4.90. The topological polar surface area (TPSA) is 72.7 Å². The van der Waals surface area contributed by atoms with E-state index in [1.54, 1.807) is 0 Å². The summed E-state index contributed by atoms with van der Waals surface area (Å²) in [4.78, 5) is 22.4. The van der Waals surface area contributed by atoms with E-state index in [1.165, 1.54) is 12.0 Å². The van der Waals surface area contributed by atoms with Gasteiger partial charge in [-0.25, -0.2) is 8.78 Å². The Morgan fingerprint density at radius 2 is 2.10 bits per heavy atom. The number of benzene rings is 1. The standard InChI is InChI=1S/C13H14F2N2O4/c1-21-12(18)4-8-2-3-16(7-8)13-10(14)5-9(17(19)20)6-11(13)15/h5-6,8H,2-4,7H2,1H3/t8-/m0/s1. The number of rotatable bonds is 4. The maximum atomic E-state index is 13.9. The molecule has 1 aromatic carbocycles. The van der Waals surface area contributed by atoms with Gasteiger partial charge in [-0.3, -0.25) is 14.9 Å². The van der Waals surface area contributed by atoms with Gasteiger partial charge >= 0.3 is 5.97 Å². The number of anilines is 1. The van der Waals surface area contributed by atoms with E-state index in [2.05, 4.69) is 4.74 Å². The van der Waals surface area contributed by atoms with Crippen molar-refractivity contribution in [3.63, 3.8) is 0 Å². The molecule has 1 fully saturated rings. The van der Waals surface area contributed by atoms with Gasteiger partial charge in [-0.1, -0.05) is 0 Å². The summed E-state index contributed by atoms with van der Waals surface area (Å²) < 4.78 is 32.4. The Bertz CT molecular complexity index is 556. The van der Waals surface area contributed by atoms with Gasteiger partial charge in [-0.2, -0.15) is 0 Å². The van der Waals surface area contributed by atoms with Gasteiger partial charge in [-0.15, -0.1) is 0 Å². The van der Waals surface area contributed by atoms with E-state index in [1.807, 2.05) is 0 Å². The second kappa shape index (κ2) is 6.02. The van der Waals surface area contributed by atoms with Crippen molar-refractivity contribution in [3.05, 3.63) is 33.9 Å². The highest BCUT2D eigenvalue weighted by molar-refractivity contribution is 5.69. The van der Waals surface area contributed by atoms with Crippen molar-refractivity contribution >= 4 is 17.3 Å². The summed E-state index contributed by atoms with van der Waals surface area (Å²) in [5.74, 6) is -2.36. The zero-order chi connectivity index (χ0) is 15.6. The number of hydrogen-bond acceptors (Lipinski definition) is 5. The van der Waals surface area contributed by atoms with Crippen molar-refractivity contribution in [2.45, 2.75) is 12.8 Å². The Morgan fingerprint density at radius 3 is 2.62 bits per heavy atom. The van der Waals surface area contributed by atoms with Crippen LogP contribution in [0.15, 0.2) is 12.1 Å². The minimum atomic E-state index is -0.972. The maximum absolute atomic E-state index is 13.9. The van der Waals surface area contributed by atoms with Crippen LogP contribution in [0, 0.1) is 27.7 Å². The van der Waals surface area contributed by atoms with Crippen LogP contribution in [0.25, 0.3) is 0 Å². The summed E-state index contributed by atoms with van der Waals surface area (Å²) >= 11 is 0. The molecule has 1 aliphatic rings. The van der Waals surface area contributed by atoms with Crippen LogP contribution in [0.3, 0.4) is 0 Å². The highest BCUT2D eigenvalue weighted by Crippen LogP contribution is 2.32. The lowest BCUT2D eigenvalue weighted by Crippen LogP contribution is -2.23. The fourth-order valence-corrected chi connectivity index (χ4v) is 2.48. The maximum Gasteiger partial charge on any atom is 0.305 e. The molecule has 0 bridgehead atoms. The lowest BCUT2D eigenvalue weighted by atomic mass is 10.1. The Hall–Kier alpha value is -2.25. The Morgan fingerprint density at radius 1 is 1.48 bits per heavy atom. The third kappa shape index (κ3) is 3.26. The summed E-state index contributed by atoms with van der Waals surface area (Å²) in [6.45, 7) is 0.689.